The van der Waals surface area contributed by atoms with Crippen molar-refractivity contribution in [1.29, 1.82) is 0 Å². The monoisotopic (exact) mass is 431 g/mol. The van der Waals surface area contributed by atoms with E-state index in [9.17, 15) is 9.59 Å². The van der Waals surface area contributed by atoms with Crippen LogP contribution in [0.15, 0.2) is 82.0 Å². The lowest BCUT2D eigenvalue weighted by molar-refractivity contribution is 0.0714. The van der Waals surface area contributed by atoms with E-state index in [0.717, 1.165) is 11.1 Å². The van der Waals surface area contributed by atoms with Gasteiger partial charge in [0.2, 0.25) is 5.76 Å². The maximum Gasteiger partial charge on any atom is 0.291 e. The third-order valence-corrected chi connectivity index (χ3v) is 5.77. The van der Waals surface area contributed by atoms with Gasteiger partial charge in [-0.05, 0) is 41.5 Å². The lowest BCUT2D eigenvalue weighted by Gasteiger charge is -2.25. The Morgan fingerprint density at radius 2 is 1.81 bits per heavy atom. The number of nitrogens with zero attached hydrogens (tertiary/aromatic N) is 1. The first-order valence-corrected chi connectivity index (χ1v) is 10.2. The first-order valence-electron chi connectivity index (χ1n) is 9.82. The number of hydrogen-bond acceptors (Lipinski definition) is 4. The van der Waals surface area contributed by atoms with Crippen molar-refractivity contribution >= 4 is 28.5 Å². The number of methoxy groups -OCH3 is 1. The van der Waals surface area contributed by atoms with Crippen molar-refractivity contribution in [2.45, 2.75) is 12.6 Å². The fraction of sp³-hybridized carbons (Fsp3) is 0.120. The topological polar surface area (TPSA) is 59.8 Å². The van der Waals surface area contributed by atoms with Gasteiger partial charge in [-0.1, -0.05) is 54.1 Å². The third-order valence-electron chi connectivity index (χ3n) is 5.53. The highest BCUT2D eigenvalue weighted by Gasteiger charge is 2.42. The van der Waals surface area contributed by atoms with Gasteiger partial charge >= 0.3 is 0 Å². The molecule has 5 rings (SSSR count). The zero-order valence-electron chi connectivity index (χ0n) is 16.7. The van der Waals surface area contributed by atoms with E-state index in [0.29, 0.717) is 33.8 Å². The highest BCUT2D eigenvalue weighted by Crippen LogP contribution is 2.40. The summed E-state index contributed by atoms with van der Waals surface area (Å²) in [4.78, 5) is 28.6. The Balaban J connectivity index is 1.75. The minimum atomic E-state index is -0.600. The molecular formula is C25H18ClNO4. The van der Waals surface area contributed by atoms with Gasteiger partial charge in [-0.25, -0.2) is 0 Å². The summed E-state index contributed by atoms with van der Waals surface area (Å²) >= 11 is 6.12. The molecule has 1 aliphatic rings. The van der Waals surface area contributed by atoms with E-state index in [1.165, 1.54) is 0 Å². The van der Waals surface area contributed by atoms with Gasteiger partial charge in [0, 0.05) is 11.6 Å². The fourth-order valence-electron chi connectivity index (χ4n) is 4.09. The van der Waals surface area contributed by atoms with Gasteiger partial charge in [0.1, 0.15) is 11.3 Å². The molecule has 31 heavy (non-hydrogen) atoms. The van der Waals surface area contributed by atoms with E-state index in [1.807, 2.05) is 54.6 Å². The van der Waals surface area contributed by atoms with Crippen LogP contribution in [-0.2, 0) is 6.54 Å². The summed E-state index contributed by atoms with van der Waals surface area (Å²) in [6.45, 7) is 0.336. The van der Waals surface area contributed by atoms with E-state index >= 15 is 0 Å². The molecule has 0 aliphatic carbocycles. The number of benzene rings is 3. The second-order valence-electron chi connectivity index (χ2n) is 7.41. The summed E-state index contributed by atoms with van der Waals surface area (Å²) in [7, 11) is 1.58. The van der Waals surface area contributed by atoms with Crippen LogP contribution in [0, 0.1) is 0 Å². The van der Waals surface area contributed by atoms with Crippen LogP contribution in [0.3, 0.4) is 0 Å². The summed E-state index contributed by atoms with van der Waals surface area (Å²) in [6.07, 6.45) is 0. The first kappa shape index (κ1) is 19.4. The number of fused-ring (bicyclic) bond motifs is 2. The molecule has 0 fully saturated rings. The molecule has 4 aromatic rings. The molecule has 2 heterocycles. The van der Waals surface area contributed by atoms with Crippen molar-refractivity contribution in [3.8, 4) is 5.75 Å². The predicted molar refractivity (Wildman–Crippen MR) is 119 cm³/mol. The Labute approximate surface area is 183 Å². The molecular weight excluding hydrogens is 414 g/mol. The molecule has 1 aliphatic heterocycles. The molecule has 0 saturated heterocycles. The van der Waals surface area contributed by atoms with Gasteiger partial charge in [0.15, 0.2) is 5.43 Å². The van der Waals surface area contributed by atoms with Gasteiger partial charge < -0.3 is 14.1 Å². The second kappa shape index (κ2) is 7.60. The largest absolute Gasteiger partial charge is 0.497 e. The summed E-state index contributed by atoms with van der Waals surface area (Å²) < 4.78 is 11.3. The van der Waals surface area contributed by atoms with E-state index in [1.54, 1.807) is 30.2 Å². The van der Waals surface area contributed by atoms with Crippen LogP contribution in [-0.4, -0.2) is 17.9 Å². The van der Waals surface area contributed by atoms with Crippen molar-refractivity contribution in [3.05, 3.63) is 110 Å². The van der Waals surface area contributed by atoms with Gasteiger partial charge in [-0.15, -0.1) is 0 Å². The number of amides is 1. The van der Waals surface area contributed by atoms with Crippen LogP contribution < -0.4 is 10.2 Å². The molecule has 1 unspecified atom stereocenters. The number of ether oxygens (including phenoxy) is 1. The molecule has 0 N–H and O–H groups in total. The molecule has 6 heteroatoms. The minimum Gasteiger partial charge on any atom is -0.497 e. The zero-order valence-corrected chi connectivity index (χ0v) is 17.4. The second-order valence-corrected chi connectivity index (χ2v) is 7.85. The Morgan fingerprint density at radius 1 is 1.00 bits per heavy atom. The molecule has 1 aromatic heterocycles. The average molecular weight is 432 g/mol. The van der Waals surface area contributed by atoms with Gasteiger partial charge in [-0.3, -0.25) is 9.59 Å². The third kappa shape index (κ3) is 3.27. The number of halogens is 1. The first-order chi connectivity index (χ1) is 15.1. The number of rotatable bonds is 4. The zero-order chi connectivity index (χ0) is 21.5. The molecule has 3 aromatic carbocycles. The Hall–Kier alpha value is -3.57. The van der Waals surface area contributed by atoms with E-state index in [-0.39, 0.29) is 17.1 Å². The smallest absolute Gasteiger partial charge is 0.291 e. The molecule has 0 spiro atoms. The molecule has 0 radical (unpaired) electrons. The number of carbonyl (C=O) groups excluding carboxylic acids is 1. The van der Waals surface area contributed by atoms with E-state index in [2.05, 4.69) is 0 Å². The Bertz CT molecular complexity index is 1360. The minimum absolute atomic E-state index is 0.0728. The van der Waals surface area contributed by atoms with E-state index < -0.39 is 6.04 Å². The Kier molecular flexibility index (Phi) is 4.75. The van der Waals surface area contributed by atoms with Crippen molar-refractivity contribution in [3.63, 3.8) is 0 Å². The molecule has 1 amide bonds. The quantitative estimate of drug-likeness (QED) is 0.445. The lowest BCUT2D eigenvalue weighted by Crippen LogP contribution is -2.29. The molecule has 5 nitrogen and oxygen atoms in total. The number of hydrogen-bond donors (Lipinski definition) is 0. The Morgan fingerprint density at radius 3 is 2.58 bits per heavy atom. The SMILES string of the molecule is COc1cccc(C2c3c(oc4ccc(Cl)cc4c3=O)C(=O)N2Cc2ccccc2)c1. The van der Waals surface area contributed by atoms with Crippen molar-refractivity contribution in [1.82, 2.24) is 4.90 Å². The molecule has 1 atom stereocenters. The molecule has 154 valence electrons. The van der Waals surface area contributed by atoms with Crippen molar-refractivity contribution < 1.29 is 13.9 Å². The van der Waals surface area contributed by atoms with Crippen LogP contribution in [0.1, 0.15) is 33.3 Å². The van der Waals surface area contributed by atoms with Crippen LogP contribution in [0.4, 0.5) is 0 Å². The predicted octanol–water partition coefficient (Wildman–Crippen LogP) is 5.20. The molecule has 0 bridgehead atoms. The van der Waals surface area contributed by atoms with Crippen molar-refractivity contribution in [2.75, 3.05) is 7.11 Å². The average Bonchev–Trinajstić information content (AvgIpc) is 3.07. The van der Waals surface area contributed by atoms with Crippen LogP contribution in [0.2, 0.25) is 5.02 Å². The maximum absolute atomic E-state index is 13.5. The highest BCUT2D eigenvalue weighted by molar-refractivity contribution is 6.31. The van der Waals surface area contributed by atoms with Gasteiger partial charge in [0.25, 0.3) is 5.91 Å². The van der Waals surface area contributed by atoms with E-state index in [4.69, 9.17) is 20.8 Å². The van der Waals surface area contributed by atoms with Crippen LogP contribution >= 0.6 is 11.6 Å². The van der Waals surface area contributed by atoms with Crippen molar-refractivity contribution in [2.24, 2.45) is 0 Å². The maximum atomic E-state index is 13.5. The van der Waals surface area contributed by atoms with Crippen LogP contribution in [0.25, 0.3) is 11.0 Å². The number of carbonyl (C=O) groups is 1. The normalized spacial score (nSPS) is 15.4. The van der Waals surface area contributed by atoms with Gasteiger partial charge in [0.05, 0.1) is 24.1 Å². The summed E-state index contributed by atoms with van der Waals surface area (Å²) in [5.74, 6) is 0.399. The van der Waals surface area contributed by atoms with Gasteiger partial charge in [-0.2, -0.15) is 0 Å². The fourth-order valence-corrected chi connectivity index (χ4v) is 4.27. The summed E-state index contributed by atoms with van der Waals surface area (Å²) in [5, 5.41) is 0.789. The lowest BCUT2D eigenvalue weighted by atomic mass is 9.98. The summed E-state index contributed by atoms with van der Waals surface area (Å²) in [5.41, 5.74) is 2.14. The standard InChI is InChI=1S/C25H18ClNO4/c1-30-18-9-5-8-16(12-18)22-21-23(28)19-13-17(26)10-11-20(19)31-24(21)25(29)27(22)14-15-6-3-2-4-7-15/h2-13,22H,14H2,1H3. The molecule has 0 saturated carbocycles. The highest BCUT2D eigenvalue weighted by atomic mass is 35.5. The van der Waals surface area contributed by atoms with Crippen LogP contribution in [0.5, 0.6) is 5.75 Å². The summed E-state index contributed by atoms with van der Waals surface area (Å²) in [6, 6.07) is 21.3.